The van der Waals surface area contributed by atoms with E-state index >= 15 is 0 Å². The molecule has 7 heteroatoms. The highest BCUT2D eigenvalue weighted by atomic mass is 32.1. The van der Waals surface area contributed by atoms with Gasteiger partial charge in [0.15, 0.2) is 16.6 Å². The molecule has 0 aliphatic heterocycles. The molecule has 0 spiro atoms. The third kappa shape index (κ3) is 4.23. The molecule has 0 aliphatic rings. The molecule has 0 radical (unpaired) electrons. The molecular formula is C16H18N2O4S. The van der Waals surface area contributed by atoms with Crippen LogP contribution in [-0.4, -0.2) is 32.2 Å². The molecule has 0 atom stereocenters. The first-order valence-corrected chi connectivity index (χ1v) is 7.66. The van der Waals surface area contributed by atoms with Gasteiger partial charge in [0.1, 0.15) is 0 Å². The molecule has 2 aromatic rings. The van der Waals surface area contributed by atoms with Crippen LogP contribution in [0.2, 0.25) is 0 Å². The van der Waals surface area contributed by atoms with Crippen LogP contribution in [0.4, 0.5) is 5.13 Å². The normalized spacial score (nSPS) is 10.6. The monoisotopic (exact) mass is 334 g/mol. The van der Waals surface area contributed by atoms with E-state index in [4.69, 9.17) is 14.2 Å². The van der Waals surface area contributed by atoms with Gasteiger partial charge in [-0.25, -0.2) is 4.98 Å². The second kappa shape index (κ2) is 7.64. The van der Waals surface area contributed by atoms with Gasteiger partial charge < -0.3 is 14.2 Å². The van der Waals surface area contributed by atoms with E-state index in [1.54, 1.807) is 39.5 Å². The predicted octanol–water partition coefficient (Wildman–Crippen LogP) is 3.13. The van der Waals surface area contributed by atoms with Gasteiger partial charge >= 0.3 is 0 Å². The molecule has 0 bridgehead atoms. The van der Waals surface area contributed by atoms with Crippen LogP contribution in [0.25, 0.3) is 6.08 Å². The van der Waals surface area contributed by atoms with Crippen molar-refractivity contribution < 1.29 is 19.0 Å². The summed E-state index contributed by atoms with van der Waals surface area (Å²) in [6, 6.07) is 3.53. The number of carbonyl (C=O) groups excluding carboxylic acids is 1. The van der Waals surface area contributed by atoms with Gasteiger partial charge in [0.25, 0.3) is 0 Å². The third-order valence-electron chi connectivity index (χ3n) is 2.96. The first-order valence-electron chi connectivity index (χ1n) is 6.78. The second-order valence-electron chi connectivity index (χ2n) is 4.58. The molecule has 1 aromatic carbocycles. The van der Waals surface area contributed by atoms with Crippen LogP contribution in [0.5, 0.6) is 17.2 Å². The van der Waals surface area contributed by atoms with Gasteiger partial charge in [0.2, 0.25) is 11.7 Å². The number of hydrogen-bond acceptors (Lipinski definition) is 6. The Labute approximate surface area is 138 Å². The lowest BCUT2D eigenvalue weighted by atomic mass is 10.1. The molecule has 122 valence electrons. The fraction of sp³-hybridized carbons (Fsp3) is 0.250. The highest BCUT2D eigenvalue weighted by Gasteiger charge is 2.12. The molecule has 1 heterocycles. The number of thiazole rings is 1. The van der Waals surface area contributed by atoms with E-state index in [0.29, 0.717) is 22.4 Å². The Hall–Kier alpha value is -2.54. The summed E-state index contributed by atoms with van der Waals surface area (Å²) in [5.41, 5.74) is 1.63. The second-order valence-corrected chi connectivity index (χ2v) is 5.43. The molecule has 0 saturated heterocycles. The maximum absolute atomic E-state index is 11.9. The van der Waals surface area contributed by atoms with E-state index in [0.717, 1.165) is 11.3 Å². The van der Waals surface area contributed by atoms with Crippen molar-refractivity contribution in [2.45, 2.75) is 6.92 Å². The molecule has 23 heavy (non-hydrogen) atoms. The largest absolute Gasteiger partial charge is 0.493 e. The topological polar surface area (TPSA) is 69.7 Å². The van der Waals surface area contributed by atoms with Crippen molar-refractivity contribution in [3.8, 4) is 17.2 Å². The SMILES string of the molecule is COc1cc(C=CC(=O)Nc2nc(C)cs2)cc(OC)c1OC. The average molecular weight is 334 g/mol. The third-order valence-corrected chi connectivity index (χ3v) is 3.84. The summed E-state index contributed by atoms with van der Waals surface area (Å²) in [7, 11) is 4.63. The van der Waals surface area contributed by atoms with E-state index < -0.39 is 0 Å². The highest BCUT2D eigenvalue weighted by Crippen LogP contribution is 2.38. The Morgan fingerprint density at radius 3 is 2.30 bits per heavy atom. The Balaban J connectivity index is 2.16. The average Bonchev–Trinajstić information content (AvgIpc) is 2.96. The summed E-state index contributed by atoms with van der Waals surface area (Å²) in [6.45, 7) is 1.87. The Morgan fingerprint density at radius 2 is 1.83 bits per heavy atom. The lowest BCUT2D eigenvalue weighted by Crippen LogP contribution is -2.07. The van der Waals surface area contributed by atoms with Crippen molar-refractivity contribution in [1.82, 2.24) is 4.98 Å². The molecule has 1 N–H and O–H groups in total. The number of benzene rings is 1. The minimum Gasteiger partial charge on any atom is -0.493 e. The summed E-state index contributed by atoms with van der Waals surface area (Å²) < 4.78 is 15.8. The van der Waals surface area contributed by atoms with Crippen LogP contribution < -0.4 is 19.5 Å². The van der Waals surface area contributed by atoms with Gasteiger partial charge in [-0.05, 0) is 30.7 Å². The van der Waals surface area contributed by atoms with Gasteiger partial charge in [-0.15, -0.1) is 11.3 Å². The van der Waals surface area contributed by atoms with Crippen LogP contribution in [-0.2, 0) is 4.79 Å². The molecule has 0 unspecified atom stereocenters. The summed E-state index contributed by atoms with van der Waals surface area (Å²) in [4.78, 5) is 16.1. The number of aromatic nitrogens is 1. The zero-order chi connectivity index (χ0) is 16.8. The zero-order valence-electron chi connectivity index (χ0n) is 13.4. The molecule has 2 rings (SSSR count). The van der Waals surface area contributed by atoms with Crippen molar-refractivity contribution >= 4 is 28.5 Å². The first kappa shape index (κ1) is 16.8. The maximum atomic E-state index is 11.9. The Bertz CT molecular complexity index is 700. The van der Waals surface area contributed by atoms with E-state index in [2.05, 4.69) is 10.3 Å². The number of rotatable bonds is 6. The molecule has 0 saturated carbocycles. The summed E-state index contributed by atoms with van der Waals surface area (Å²) in [6.07, 6.45) is 3.09. The van der Waals surface area contributed by atoms with Crippen molar-refractivity contribution in [3.63, 3.8) is 0 Å². The van der Waals surface area contributed by atoms with Crippen LogP contribution in [0.15, 0.2) is 23.6 Å². The molecule has 1 amide bonds. The number of carbonyl (C=O) groups is 1. The predicted molar refractivity (Wildman–Crippen MR) is 90.6 cm³/mol. The Morgan fingerprint density at radius 1 is 1.17 bits per heavy atom. The molecule has 1 aromatic heterocycles. The lowest BCUT2D eigenvalue weighted by molar-refractivity contribution is -0.111. The van der Waals surface area contributed by atoms with Gasteiger partial charge in [-0.3, -0.25) is 10.1 Å². The lowest BCUT2D eigenvalue weighted by Gasteiger charge is -2.12. The van der Waals surface area contributed by atoms with E-state index in [1.807, 2.05) is 12.3 Å². The fourth-order valence-corrected chi connectivity index (χ4v) is 2.62. The number of ether oxygens (including phenoxy) is 3. The van der Waals surface area contributed by atoms with Crippen LogP contribution in [0.3, 0.4) is 0 Å². The van der Waals surface area contributed by atoms with Crippen molar-refractivity contribution in [1.29, 1.82) is 0 Å². The highest BCUT2D eigenvalue weighted by molar-refractivity contribution is 7.13. The number of anilines is 1. The van der Waals surface area contributed by atoms with Gasteiger partial charge in [-0.2, -0.15) is 0 Å². The number of aryl methyl sites for hydroxylation is 1. The minimum absolute atomic E-state index is 0.256. The maximum Gasteiger partial charge on any atom is 0.250 e. The minimum atomic E-state index is -0.256. The Kier molecular flexibility index (Phi) is 5.59. The van der Waals surface area contributed by atoms with Crippen LogP contribution in [0.1, 0.15) is 11.3 Å². The van der Waals surface area contributed by atoms with E-state index in [1.165, 1.54) is 17.4 Å². The van der Waals surface area contributed by atoms with Gasteiger partial charge in [0.05, 0.1) is 27.0 Å². The fourth-order valence-electron chi connectivity index (χ4n) is 1.93. The van der Waals surface area contributed by atoms with E-state index in [-0.39, 0.29) is 5.91 Å². The van der Waals surface area contributed by atoms with Crippen molar-refractivity contribution in [3.05, 3.63) is 34.8 Å². The van der Waals surface area contributed by atoms with Crippen molar-refractivity contribution in [2.75, 3.05) is 26.6 Å². The van der Waals surface area contributed by atoms with Crippen LogP contribution >= 0.6 is 11.3 Å². The standard InChI is InChI=1S/C16H18N2O4S/c1-10-9-23-16(17-10)18-14(19)6-5-11-7-12(20-2)15(22-4)13(8-11)21-3/h5-9H,1-4H3,(H,17,18,19). The summed E-state index contributed by atoms with van der Waals surface area (Å²) >= 11 is 1.38. The van der Waals surface area contributed by atoms with Crippen LogP contribution in [0, 0.1) is 6.92 Å². The number of nitrogens with one attached hydrogen (secondary N) is 1. The van der Waals surface area contributed by atoms with Gasteiger partial charge in [0, 0.05) is 11.5 Å². The zero-order valence-corrected chi connectivity index (χ0v) is 14.2. The molecule has 0 aliphatic carbocycles. The summed E-state index contributed by atoms with van der Waals surface area (Å²) in [5.74, 6) is 1.31. The summed E-state index contributed by atoms with van der Waals surface area (Å²) in [5, 5.41) is 5.15. The number of methoxy groups -OCH3 is 3. The quantitative estimate of drug-likeness (QED) is 0.822. The smallest absolute Gasteiger partial charge is 0.250 e. The van der Waals surface area contributed by atoms with Gasteiger partial charge in [-0.1, -0.05) is 0 Å². The number of nitrogens with zero attached hydrogens (tertiary/aromatic N) is 1. The molecule has 0 fully saturated rings. The molecular weight excluding hydrogens is 316 g/mol. The first-order chi connectivity index (χ1) is 11.1. The molecule has 6 nitrogen and oxygen atoms in total. The van der Waals surface area contributed by atoms with Crippen molar-refractivity contribution in [2.24, 2.45) is 0 Å². The van der Waals surface area contributed by atoms with E-state index in [9.17, 15) is 4.79 Å². The number of hydrogen-bond donors (Lipinski definition) is 1. The number of amides is 1.